The first-order valence-corrected chi connectivity index (χ1v) is 7.65. The Morgan fingerprint density at radius 1 is 1.28 bits per heavy atom. The van der Waals surface area contributed by atoms with Crippen LogP contribution in [0.25, 0.3) is 0 Å². The van der Waals surface area contributed by atoms with Crippen LogP contribution in [-0.4, -0.2) is 41.2 Å². The molecule has 2 fully saturated rings. The third kappa shape index (κ3) is 3.80. The van der Waals surface area contributed by atoms with Crippen molar-refractivity contribution in [3.63, 3.8) is 0 Å². The van der Waals surface area contributed by atoms with Gasteiger partial charge in [-0.1, -0.05) is 0 Å². The van der Waals surface area contributed by atoms with E-state index in [1.54, 1.807) is 0 Å². The Kier molecular flexibility index (Phi) is 4.74. The fourth-order valence-electron chi connectivity index (χ4n) is 2.55. The molecule has 3 N–H and O–H groups in total. The Hall–Kier alpha value is -0.910. The van der Waals surface area contributed by atoms with Gasteiger partial charge in [0.25, 0.3) is 0 Å². The van der Waals surface area contributed by atoms with Gasteiger partial charge in [0, 0.05) is 12.6 Å². The van der Waals surface area contributed by atoms with E-state index in [0.29, 0.717) is 18.8 Å². The minimum absolute atomic E-state index is 0.0176. The zero-order chi connectivity index (χ0) is 13.0. The Morgan fingerprint density at radius 2 is 2.11 bits per heavy atom. The van der Waals surface area contributed by atoms with Gasteiger partial charge >= 0.3 is 12.0 Å². The molecule has 1 heterocycles. The highest BCUT2D eigenvalue weighted by Crippen LogP contribution is 2.25. The van der Waals surface area contributed by atoms with Crippen LogP contribution in [0, 0.1) is 11.8 Å². The van der Waals surface area contributed by atoms with E-state index in [1.807, 2.05) is 11.8 Å². The van der Waals surface area contributed by atoms with Crippen molar-refractivity contribution >= 4 is 23.8 Å². The molecule has 1 saturated heterocycles. The molecule has 6 heteroatoms. The van der Waals surface area contributed by atoms with E-state index in [-0.39, 0.29) is 18.0 Å². The molecule has 0 aromatic rings. The van der Waals surface area contributed by atoms with E-state index >= 15 is 0 Å². The molecule has 2 rings (SSSR count). The molecule has 1 aliphatic carbocycles. The van der Waals surface area contributed by atoms with Crippen LogP contribution in [0.15, 0.2) is 0 Å². The van der Waals surface area contributed by atoms with Crippen molar-refractivity contribution < 1.29 is 14.7 Å². The zero-order valence-electron chi connectivity index (χ0n) is 10.4. The highest BCUT2D eigenvalue weighted by atomic mass is 32.2. The highest BCUT2D eigenvalue weighted by Gasteiger charge is 2.30. The van der Waals surface area contributed by atoms with Gasteiger partial charge in [0.15, 0.2) is 0 Å². The van der Waals surface area contributed by atoms with Crippen LogP contribution in [0.5, 0.6) is 0 Å². The second kappa shape index (κ2) is 6.31. The van der Waals surface area contributed by atoms with Gasteiger partial charge in [-0.05, 0) is 43.1 Å². The first-order chi connectivity index (χ1) is 8.65. The molecule has 1 aliphatic heterocycles. The summed E-state index contributed by atoms with van der Waals surface area (Å²) in [6.07, 6.45) is 3.17. The molecule has 0 radical (unpaired) electrons. The van der Waals surface area contributed by atoms with Crippen LogP contribution in [0.1, 0.15) is 25.7 Å². The maximum absolute atomic E-state index is 11.7. The van der Waals surface area contributed by atoms with E-state index in [2.05, 4.69) is 10.6 Å². The molecule has 5 nitrogen and oxygen atoms in total. The summed E-state index contributed by atoms with van der Waals surface area (Å²) in [5.74, 6) is 1.88. The van der Waals surface area contributed by atoms with Crippen LogP contribution >= 0.6 is 11.8 Å². The summed E-state index contributed by atoms with van der Waals surface area (Å²) in [4.78, 5) is 22.5. The van der Waals surface area contributed by atoms with Crippen molar-refractivity contribution in [3.05, 3.63) is 0 Å². The Labute approximate surface area is 111 Å². The van der Waals surface area contributed by atoms with Crippen LogP contribution < -0.4 is 10.6 Å². The summed E-state index contributed by atoms with van der Waals surface area (Å²) < 4.78 is 0. The Balaban J connectivity index is 1.63. The third-order valence-corrected chi connectivity index (χ3v) is 4.92. The number of rotatable bonds is 4. The topological polar surface area (TPSA) is 78.4 Å². The largest absolute Gasteiger partial charge is 0.481 e. The Bertz CT molecular complexity index is 318. The third-order valence-electron chi connectivity index (χ3n) is 3.69. The molecule has 3 atom stereocenters. The second-order valence-corrected chi connectivity index (χ2v) is 6.28. The lowest BCUT2D eigenvalue weighted by Crippen LogP contribution is -2.42. The average molecular weight is 272 g/mol. The SMILES string of the molecule is O=C(NCC1CCSC1)N[C@H]1CC[C@@H](C(=O)O)C1. The van der Waals surface area contributed by atoms with E-state index in [0.717, 1.165) is 18.7 Å². The molecular formula is C12H20N2O3S. The number of carbonyl (C=O) groups excluding carboxylic acids is 1. The van der Waals surface area contributed by atoms with Gasteiger partial charge in [-0.25, -0.2) is 4.79 Å². The quantitative estimate of drug-likeness (QED) is 0.720. The molecule has 2 amide bonds. The number of urea groups is 1. The number of carboxylic acid groups (broad SMARTS) is 1. The molecule has 1 unspecified atom stereocenters. The lowest BCUT2D eigenvalue weighted by atomic mass is 10.1. The van der Waals surface area contributed by atoms with Gasteiger partial charge in [0.2, 0.25) is 0 Å². The molecule has 0 aromatic heterocycles. The van der Waals surface area contributed by atoms with E-state index in [1.165, 1.54) is 12.2 Å². The lowest BCUT2D eigenvalue weighted by Gasteiger charge is -2.15. The molecule has 0 spiro atoms. The van der Waals surface area contributed by atoms with Crippen LogP contribution in [0.2, 0.25) is 0 Å². The molecular weight excluding hydrogens is 252 g/mol. The fraction of sp³-hybridized carbons (Fsp3) is 0.833. The van der Waals surface area contributed by atoms with Gasteiger partial charge < -0.3 is 15.7 Å². The number of nitrogens with one attached hydrogen (secondary N) is 2. The van der Waals surface area contributed by atoms with Gasteiger partial charge in [0.05, 0.1) is 5.92 Å². The minimum Gasteiger partial charge on any atom is -0.481 e. The van der Waals surface area contributed by atoms with Crippen LogP contribution in [-0.2, 0) is 4.79 Å². The molecule has 102 valence electrons. The van der Waals surface area contributed by atoms with Crippen molar-refractivity contribution in [1.29, 1.82) is 0 Å². The number of hydrogen-bond acceptors (Lipinski definition) is 3. The van der Waals surface area contributed by atoms with Gasteiger partial charge in [-0.2, -0.15) is 11.8 Å². The van der Waals surface area contributed by atoms with Crippen molar-refractivity contribution in [2.45, 2.75) is 31.7 Å². The second-order valence-electron chi connectivity index (χ2n) is 5.13. The van der Waals surface area contributed by atoms with Gasteiger partial charge in [-0.15, -0.1) is 0 Å². The van der Waals surface area contributed by atoms with E-state index in [9.17, 15) is 9.59 Å². The summed E-state index contributed by atoms with van der Waals surface area (Å²) >= 11 is 1.93. The monoisotopic (exact) mass is 272 g/mol. The maximum atomic E-state index is 11.7. The van der Waals surface area contributed by atoms with Crippen molar-refractivity contribution in [1.82, 2.24) is 10.6 Å². The summed E-state index contributed by atoms with van der Waals surface area (Å²) in [5, 5.41) is 14.6. The minimum atomic E-state index is -0.748. The molecule has 0 aromatic carbocycles. The lowest BCUT2D eigenvalue weighted by molar-refractivity contribution is -0.141. The van der Waals surface area contributed by atoms with Crippen molar-refractivity contribution in [3.8, 4) is 0 Å². The normalized spacial score (nSPS) is 31.2. The maximum Gasteiger partial charge on any atom is 0.315 e. The number of amides is 2. The number of carboxylic acids is 1. The van der Waals surface area contributed by atoms with E-state index < -0.39 is 5.97 Å². The summed E-state index contributed by atoms with van der Waals surface area (Å²) in [6.45, 7) is 0.730. The van der Waals surface area contributed by atoms with Crippen molar-refractivity contribution in [2.24, 2.45) is 11.8 Å². The first kappa shape index (κ1) is 13.5. The van der Waals surface area contributed by atoms with Gasteiger partial charge in [0.1, 0.15) is 0 Å². The summed E-state index contributed by atoms with van der Waals surface area (Å²) in [6, 6.07) is -0.132. The summed E-state index contributed by atoms with van der Waals surface area (Å²) in [7, 11) is 0. The zero-order valence-corrected chi connectivity index (χ0v) is 11.2. The number of thioether (sulfide) groups is 1. The average Bonchev–Trinajstić information content (AvgIpc) is 2.96. The predicted octanol–water partition coefficient (Wildman–Crippen LogP) is 1.29. The van der Waals surface area contributed by atoms with Crippen LogP contribution in [0.4, 0.5) is 4.79 Å². The fourth-order valence-corrected chi connectivity index (χ4v) is 3.84. The van der Waals surface area contributed by atoms with Crippen molar-refractivity contribution in [2.75, 3.05) is 18.1 Å². The smallest absolute Gasteiger partial charge is 0.315 e. The number of hydrogen-bond donors (Lipinski definition) is 3. The predicted molar refractivity (Wildman–Crippen MR) is 70.7 cm³/mol. The highest BCUT2D eigenvalue weighted by molar-refractivity contribution is 7.99. The molecule has 2 aliphatic rings. The number of carbonyl (C=O) groups is 2. The number of aliphatic carboxylic acids is 1. The Morgan fingerprint density at radius 3 is 2.72 bits per heavy atom. The molecule has 1 saturated carbocycles. The van der Waals surface area contributed by atoms with Crippen LogP contribution in [0.3, 0.4) is 0 Å². The molecule has 0 bridgehead atoms. The summed E-state index contributed by atoms with van der Waals surface area (Å²) in [5.41, 5.74) is 0. The van der Waals surface area contributed by atoms with Gasteiger partial charge in [-0.3, -0.25) is 4.79 Å². The van der Waals surface area contributed by atoms with E-state index in [4.69, 9.17) is 5.11 Å². The molecule has 18 heavy (non-hydrogen) atoms. The standard InChI is InChI=1S/C12H20N2O3S/c15-11(16)9-1-2-10(5-9)14-12(17)13-6-8-3-4-18-7-8/h8-10H,1-7H2,(H,15,16)(H2,13,14,17)/t8?,9-,10+/m1/s1. The first-order valence-electron chi connectivity index (χ1n) is 6.50.